The number of carbonyl (C=O) groups excluding carboxylic acids is 1. The van der Waals surface area contributed by atoms with Gasteiger partial charge in [-0.05, 0) is 36.4 Å². The second-order valence-electron chi connectivity index (χ2n) is 7.07. The lowest BCUT2D eigenvalue weighted by Crippen LogP contribution is -2.32. The van der Waals surface area contributed by atoms with Gasteiger partial charge in [0, 0.05) is 36.5 Å². The van der Waals surface area contributed by atoms with Crippen LogP contribution in [-0.2, 0) is 16.6 Å². The molecule has 35 heavy (non-hydrogen) atoms. The fourth-order valence-corrected chi connectivity index (χ4v) is 6.48. The van der Waals surface area contributed by atoms with E-state index < -0.39 is 15.9 Å². The summed E-state index contributed by atoms with van der Waals surface area (Å²) in [6.45, 7) is 0.0559. The van der Waals surface area contributed by atoms with Crippen molar-refractivity contribution in [2.75, 3.05) is 13.1 Å². The Hall–Kier alpha value is -3.17. The van der Waals surface area contributed by atoms with Crippen molar-refractivity contribution >= 4 is 60.7 Å². The van der Waals surface area contributed by atoms with Crippen molar-refractivity contribution in [2.24, 2.45) is 4.99 Å². The number of fused-ring (bicyclic) bond motifs is 1. The molecule has 0 aliphatic heterocycles. The summed E-state index contributed by atoms with van der Waals surface area (Å²) in [4.78, 5) is 17.3. The van der Waals surface area contributed by atoms with Gasteiger partial charge in [0.2, 0.25) is 10.0 Å². The number of nitrogens with zero attached hydrogens (tertiary/aromatic N) is 5. The van der Waals surface area contributed by atoms with Crippen LogP contribution < -0.4 is 4.80 Å². The largest absolute Gasteiger partial charge is 0.303 e. The average Bonchev–Trinajstić information content (AvgIpc) is 3.16. The van der Waals surface area contributed by atoms with Crippen molar-refractivity contribution in [1.29, 1.82) is 10.5 Å². The van der Waals surface area contributed by atoms with Crippen LogP contribution in [0.4, 0.5) is 0 Å². The van der Waals surface area contributed by atoms with E-state index in [9.17, 15) is 13.2 Å². The first-order chi connectivity index (χ1) is 16.7. The molecule has 0 aliphatic carbocycles. The number of carbonyl (C=O) groups is 1. The van der Waals surface area contributed by atoms with Crippen LogP contribution in [0.15, 0.2) is 46.3 Å². The highest BCUT2D eigenvalue weighted by atomic mass is 35.5. The van der Waals surface area contributed by atoms with Gasteiger partial charge in [0.1, 0.15) is 0 Å². The van der Waals surface area contributed by atoms with Gasteiger partial charge in [-0.3, -0.25) is 4.79 Å². The van der Waals surface area contributed by atoms with Gasteiger partial charge >= 0.3 is 0 Å². The standard InChI is InChI=1S/C23H17Cl2N5O3S2/c1-2-11-30-21-19(25)14-17(24)15-20(21)34-23(30)28-22(31)16-5-7-18(8-6-16)35(32,33)29(12-3-9-26)13-4-10-27/h1,5-8,14-15H,3-4,11-13H2. The molecule has 2 aromatic carbocycles. The van der Waals surface area contributed by atoms with E-state index in [4.69, 9.17) is 40.1 Å². The molecule has 0 fully saturated rings. The Morgan fingerprint density at radius 2 is 1.74 bits per heavy atom. The van der Waals surface area contributed by atoms with E-state index in [0.717, 1.165) is 4.31 Å². The van der Waals surface area contributed by atoms with Crippen molar-refractivity contribution < 1.29 is 13.2 Å². The van der Waals surface area contributed by atoms with Crippen LogP contribution in [0.2, 0.25) is 10.0 Å². The SMILES string of the molecule is C#CCn1c(=NC(=O)c2ccc(S(=O)(=O)N(CCC#N)CCC#N)cc2)sc2cc(Cl)cc(Cl)c21. The number of hydrogen-bond acceptors (Lipinski definition) is 6. The van der Waals surface area contributed by atoms with Crippen LogP contribution in [-0.4, -0.2) is 36.3 Å². The maximum Gasteiger partial charge on any atom is 0.279 e. The Bertz CT molecular complexity index is 1550. The van der Waals surface area contributed by atoms with Crippen LogP contribution in [0.1, 0.15) is 23.2 Å². The van der Waals surface area contributed by atoms with Gasteiger partial charge in [-0.15, -0.1) is 6.42 Å². The van der Waals surface area contributed by atoms with Crippen molar-refractivity contribution in [2.45, 2.75) is 24.3 Å². The molecule has 3 rings (SSSR count). The number of terminal acetylenes is 1. The van der Waals surface area contributed by atoms with E-state index in [-0.39, 0.29) is 42.9 Å². The molecule has 0 radical (unpaired) electrons. The van der Waals surface area contributed by atoms with Gasteiger partial charge in [-0.25, -0.2) is 8.42 Å². The topological polar surface area (TPSA) is 119 Å². The Balaban J connectivity index is 1.96. The van der Waals surface area contributed by atoms with Crippen LogP contribution in [0.5, 0.6) is 0 Å². The highest BCUT2D eigenvalue weighted by Gasteiger charge is 2.24. The fraction of sp³-hybridized carbons (Fsp3) is 0.217. The molecule has 0 aliphatic rings. The summed E-state index contributed by atoms with van der Waals surface area (Å²) in [6, 6.07) is 12.4. The van der Waals surface area contributed by atoms with Crippen molar-refractivity contribution in [3.63, 3.8) is 0 Å². The summed E-state index contributed by atoms with van der Waals surface area (Å²) in [5.41, 5.74) is 0.778. The predicted molar refractivity (Wildman–Crippen MR) is 134 cm³/mol. The first-order valence-electron chi connectivity index (χ1n) is 10.1. The predicted octanol–water partition coefficient (Wildman–Crippen LogP) is 4.20. The lowest BCUT2D eigenvalue weighted by Gasteiger charge is -2.20. The van der Waals surface area contributed by atoms with Crippen molar-refractivity contribution in [3.05, 3.63) is 56.8 Å². The van der Waals surface area contributed by atoms with Gasteiger partial charge in [-0.2, -0.15) is 19.8 Å². The summed E-state index contributed by atoms with van der Waals surface area (Å²) >= 11 is 13.6. The molecule has 8 nitrogen and oxygen atoms in total. The van der Waals surface area contributed by atoms with Crippen LogP contribution in [0, 0.1) is 35.0 Å². The molecule has 3 aromatic rings. The van der Waals surface area contributed by atoms with E-state index in [1.54, 1.807) is 16.7 Å². The third-order valence-electron chi connectivity index (χ3n) is 4.83. The Morgan fingerprint density at radius 1 is 1.11 bits per heavy atom. The van der Waals surface area contributed by atoms with Gasteiger partial charge < -0.3 is 4.57 Å². The van der Waals surface area contributed by atoms with Gasteiger partial charge in [0.25, 0.3) is 5.91 Å². The summed E-state index contributed by atoms with van der Waals surface area (Å²) < 4.78 is 29.3. The molecule has 0 unspecified atom stereocenters. The number of thiazole rings is 1. The highest BCUT2D eigenvalue weighted by molar-refractivity contribution is 7.89. The summed E-state index contributed by atoms with van der Waals surface area (Å²) in [6.07, 6.45) is 5.46. The number of halogens is 2. The molecule has 0 N–H and O–H groups in total. The molecular formula is C23H17Cl2N5O3S2. The third kappa shape index (κ3) is 5.91. The number of nitriles is 2. The van der Waals surface area contributed by atoms with Crippen molar-refractivity contribution in [3.8, 4) is 24.5 Å². The number of sulfonamides is 1. The summed E-state index contributed by atoms with van der Waals surface area (Å²) in [7, 11) is -3.95. The average molecular weight is 546 g/mol. The molecule has 1 heterocycles. The van der Waals surface area contributed by atoms with E-state index >= 15 is 0 Å². The lowest BCUT2D eigenvalue weighted by molar-refractivity contribution is 0.0998. The molecule has 1 amide bonds. The Kier molecular flexibility index (Phi) is 8.69. The molecule has 0 saturated carbocycles. The van der Waals surface area contributed by atoms with Crippen LogP contribution >= 0.6 is 34.5 Å². The quantitative estimate of drug-likeness (QED) is 0.393. The molecular weight excluding hydrogens is 529 g/mol. The zero-order chi connectivity index (χ0) is 25.6. The number of aromatic nitrogens is 1. The maximum absolute atomic E-state index is 12.9. The van der Waals surface area contributed by atoms with Gasteiger partial charge in [0.15, 0.2) is 4.80 Å². The van der Waals surface area contributed by atoms with Crippen molar-refractivity contribution in [1.82, 2.24) is 8.87 Å². The van der Waals surface area contributed by atoms with E-state index in [2.05, 4.69) is 10.9 Å². The molecule has 1 aromatic heterocycles. The molecule has 0 spiro atoms. The fourth-order valence-electron chi connectivity index (χ4n) is 3.22. The van der Waals surface area contributed by atoms with Crippen LogP contribution in [0.3, 0.4) is 0 Å². The minimum absolute atomic E-state index is 0.0117. The monoisotopic (exact) mass is 545 g/mol. The zero-order valence-corrected chi connectivity index (χ0v) is 21.3. The molecule has 12 heteroatoms. The minimum atomic E-state index is -3.95. The normalized spacial score (nSPS) is 11.8. The van der Waals surface area contributed by atoms with Crippen LogP contribution in [0.25, 0.3) is 10.2 Å². The summed E-state index contributed by atoms with van der Waals surface area (Å²) in [5.74, 6) is 1.92. The second-order valence-corrected chi connectivity index (χ2v) is 10.9. The first-order valence-corrected chi connectivity index (χ1v) is 13.1. The molecule has 0 saturated heterocycles. The summed E-state index contributed by atoms with van der Waals surface area (Å²) in [5, 5.41) is 18.4. The smallest absolute Gasteiger partial charge is 0.279 e. The third-order valence-corrected chi connectivity index (χ3v) is 8.27. The van der Waals surface area contributed by atoms with E-state index in [0.29, 0.717) is 25.1 Å². The van der Waals surface area contributed by atoms with Gasteiger partial charge in [0.05, 0.1) is 38.8 Å². The first kappa shape index (κ1) is 26.4. The molecule has 178 valence electrons. The van der Waals surface area contributed by atoms with E-state index in [1.165, 1.54) is 35.6 Å². The lowest BCUT2D eigenvalue weighted by atomic mass is 10.2. The molecule has 0 bridgehead atoms. The molecule has 0 atom stereocenters. The Labute approximate surface area is 216 Å². The second kappa shape index (κ2) is 11.5. The number of benzene rings is 2. The maximum atomic E-state index is 12.9. The Morgan fingerprint density at radius 3 is 2.31 bits per heavy atom. The zero-order valence-electron chi connectivity index (χ0n) is 18.1. The van der Waals surface area contributed by atoms with Gasteiger partial charge in [-0.1, -0.05) is 40.5 Å². The van der Waals surface area contributed by atoms with E-state index in [1.807, 2.05) is 12.1 Å². The number of rotatable bonds is 8. The number of hydrogen-bond donors (Lipinski definition) is 0. The number of amides is 1. The highest BCUT2D eigenvalue weighted by Crippen LogP contribution is 2.29. The minimum Gasteiger partial charge on any atom is -0.303 e.